The second-order valence-electron chi connectivity index (χ2n) is 6.80. The van der Waals surface area contributed by atoms with E-state index < -0.39 is 5.41 Å². The SMILES string of the molecule is COC(=O)[C@]12COc3ccccc3[C@H]1N(C)C[C@H]2c1ccc(F)cc1. The van der Waals surface area contributed by atoms with Gasteiger partial charge in [0.15, 0.2) is 0 Å². The number of nitrogens with zero attached hydrogens (tertiary/aromatic N) is 1. The maximum Gasteiger partial charge on any atom is 0.317 e. The average Bonchev–Trinajstić information content (AvgIpc) is 2.96. The van der Waals surface area contributed by atoms with Crippen LogP contribution in [0.1, 0.15) is 23.1 Å². The molecule has 3 atom stereocenters. The Morgan fingerprint density at radius 3 is 2.68 bits per heavy atom. The Bertz CT molecular complexity index is 807. The summed E-state index contributed by atoms with van der Waals surface area (Å²) in [6.07, 6.45) is 0. The Labute approximate surface area is 146 Å². The Kier molecular flexibility index (Phi) is 3.76. The number of halogens is 1. The molecule has 2 aromatic carbocycles. The fraction of sp³-hybridized carbons (Fsp3) is 0.350. The van der Waals surface area contributed by atoms with Gasteiger partial charge in [-0.15, -0.1) is 0 Å². The van der Waals surface area contributed by atoms with Crippen LogP contribution in [0.15, 0.2) is 48.5 Å². The zero-order valence-electron chi connectivity index (χ0n) is 14.2. The number of benzene rings is 2. The molecule has 0 amide bonds. The van der Waals surface area contributed by atoms with Gasteiger partial charge in [-0.25, -0.2) is 4.39 Å². The topological polar surface area (TPSA) is 38.8 Å². The molecule has 2 aliphatic rings. The van der Waals surface area contributed by atoms with Crippen LogP contribution >= 0.6 is 0 Å². The van der Waals surface area contributed by atoms with Crippen molar-refractivity contribution in [2.45, 2.75) is 12.0 Å². The van der Waals surface area contributed by atoms with Gasteiger partial charge in [0.2, 0.25) is 0 Å². The van der Waals surface area contributed by atoms with Crippen molar-refractivity contribution in [1.82, 2.24) is 4.90 Å². The third kappa shape index (κ3) is 2.26. The van der Waals surface area contributed by atoms with Crippen molar-refractivity contribution < 1.29 is 18.7 Å². The van der Waals surface area contributed by atoms with E-state index in [0.717, 1.165) is 16.9 Å². The van der Waals surface area contributed by atoms with Crippen molar-refractivity contribution >= 4 is 5.97 Å². The van der Waals surface area contributed by atoms with E-state index in [0.29, 0.717) is 6.54 Å². The molecule has 4 rings (SSSR count). The van der Waals surface area contributed by atoms with Crippen molar-refractivity contribution in [3.63, 3.8) is 0 Å². The van der Waals surface area contributed by atoms with Gasteiger partial charge in [-0.3, -0.25) is 9.69 Å². The van der Waals surface area contributed by atoms with Crippen LogP contribution in [0.3, 0.4) is 0 Å². The zero-order valence-corrected chi connectivity index (χ0v) is 14.2. The highest BCUT2D eigenvalue weighted by Gasteiger charge is 2.62. The van der Waals surface area contributed by atoms with E-state index in [9.17, 15) is 9.18 Å². The van der Waals surface area contributed by atoms with Crippen LogP contribution in [-0.2, 0) is 9.53 Å². The number of rotatable bonds is 2. The predicted molar refractivity (Wildman–Crippen MR) is 90.9 cm³/mol. The summed E-state index contributed by atoms with van der Waals surface area (Å²) < 4.78 is 24.6. The van der Waals surface area contributed by atoms with Crippen molar-refractivity contribution in [2.24, 2.45) is 5.41 Å². The largest absolute Gasteiger partial charge is 0.492 e. The highest BCUT2D eigenvalue weighted by Crippen LogP contribution is 2.58. The number of hydrogen-bond donors (Lipinski definition) is 0. The molecule has 0 bridgehead atoms. The maximum atomic E-state index is 13.4. The molecule has 4 nitrogen and oxygen atoms in total. The third-order valence-corrected chi connectivity index (χ3v) is 5.54. The van der Waals surface area contributed by atoms with Gasteiger partial charge in [0, 0.05) is 18.0 Å². The van der Waals surface area contributed by atoms with Crippen LogP contribution in [0.5, 0.6) is 5.75 Å². The number of hydrogen-bond acceptors (Lipinski definition) is 4. The molecule has 0 aromatic heterocycles. The van der Waals surface area contributed by atoms with E-state index in [4.69, 9.17) is 9.47 Å². The summed E-state index contributed by atoms with van der Waals surface area (Å²) in [5.74, 6) is 0.0947. The van der Waals surface area contributed by atoms with E-state index in [2.05, 4.69) is 4.90 Å². The summed E-state index contributed by atoms with van der Waals surface area (Å²) in [4.78, 5) is 15.1. The number of methoxy groups -OCH3 is 1. The third-order valence-electron chi connectivity index (χ3n) is 5.54. The van der Waals surface area contributed by atoms with Gasteiger partial charge in [0.1, 0.15) is 23.6 Å². The molecule has 1 saturated heterocycles. The Morgan fingerprint density at radius 1 is 1.24 bits per heavy atom. The molecule has 25 heavy (non-hydrogen) atoms. The first-order valence-electron chi connectivity index (χ1n) is 8.34. The van der Waals surface area contributed by atoms with Gasteiger partial charge in [-0.1, -0.05) is 30.3 Å². The minimum Gasteiger partial charge on any atom is -0.492 e. The van der Waals surface area contributed by atoms with Crippen molar-refractivity contribution in [2.75, 3.05) is 27.3 Å². The molecule has 2 heterocycles. The summed E-state index contributed by atoms with van der Waals surface area (Å²) in [5, 5.41) is 0. The molecule has 0 aliphatic carbocycles. The quantitative estimate of drug-likeness (QED) is 0.787. The van der Waals surface area contributed by atoms with E-state index in [1.54, 1.807) is 12.1 Å². The summed E-state index contributed by atoms with van der Waals surface area (Å²) in [7, 11) is 3.42. The minimum absolute atomic E-state index is 0.135. The van der Waals surface area contributed by atoms with Crippen LogP contribution in [0.2, 0.25) is 0 Å². The van der Waals surface area contributed by atoms with Crippen molar-refractivity contribution in [3.05, 3.63) is 65.5 Å². The normalized spacial score (nSPS) is 28.0. The first-order valence-corrected chi connectivity index (χ1v) is 8.34. The molecule has 0 spiro atoms. The van der Waals surface area contributed by atoms with Crippen LogP contribution in [0, 0.1) is 11.2 Å². The lowest BCUT2D eigenvalue weighted by atomic mass is 9.68. The molecule has 130 valence electrons. The number of esters is 1. The lowest BCUT2D eigenvalue weighted by Crippen LogP contribution is -2.48. The average molecular weight is 341 g/mol. The first kappa shape index (κ1) is 16.1. The van der Waals surface area contributed by atoms with Gasteiger partial charge in [0.05, 0.1) is 13.2 Å². The highest BCUT2D eigenvalue weighted by molar-refractivity contribution is 5.81. The Balaban J connectivity index is 1.88. The Hall–Kier alpha value is -2.40. The fourth-order valence-corrected chi connectivity index (χ4v) is 4.47. The van der Waals surface area contributed by atoms with E-state index in [1.807, 2.05) is 31.3 Å². The molecule has 2 aliphatic heterocycles. The van der Waals surface area contributed by atoms with Gasteiger partial charge in [-0.05, 0) is 30.8 Å². The monoisotopic (exact) mass is 341 g/mol. The highest BCUT2D eigenvalue weighted by atomic mass is 19.1. The number of fused-ring (bicyclic) bond motifs is 3. The number of para-hydroxylation sites is 1. The number of carbonyl (C=O) groups is 1. The van der Waals surface area contributed by atoms with Crippen LogP contribution in [0.25, 0.3) is 0 Å². The summed E-state index contributed by atoms with van der Waals surface area (Å²) in [5.41, 5.74) is 1.06. The van der Waals surface area contributed by atoms with Crippen molar-refractivity contribution in [1.29, 1.82) is 0 Å². The molecule has 0 N–H and O–H groups in total. The van der Waals surface area contributed by atoms with E-state index in [1.165, 1.54) is 19.2 Å². The second kappa shape index (κ2) is 5.85. The summed E-state index contributed by atoms with van der Waals surface area (Å²) in [6, 6.07) is 14.0. The molecule has 0 radical (unpaired) electrons. The van der Waals surface area contributed by atoms with Gasteiger partial charge in [-0.2, -0.15) is 0 Å². The lowest BCUT2D eigenvalue weighted by Gasteiger charge is -2.42. The molecular weight excluding hydrogens is 321 g/mol. The first-order chi connectivity index (χ1) is 12.1. The van der Waals surface area contributed by atoms with Crippen LogP contribution in [-0.4, -0.2) is 38.2 Å². The second-order valence-corrected chi connectivity index (χ2v) is 6.80. The van der Waals surface area contributed by atoms with Gasteiger partial charge >= 0.3 is 5.97 Å². The molecular formula is C20H20FNO3. The van der Waals surface area contributed by atoms with Crippen LogP contribution < -0.4 is 4.74 Å². The molecule has 1 fully saturated rings. The maximum absolute atomic E-state index is 13.4. The molecule has 5 heteroatoms. The van der Waals surface area contributed by atoms with Gasteiger partial charge in [0.25, 0.3) is 0 Å². The standard InChI is InChI=1S/C20H20FNO3/c1-22-11-16(13-7-9-14(21)10-8-13)20(19(23)24-2)12-25-17-6-4-3-5-15(17)18(20)22/h3-10,16,18H,11-12H2,1-2H3/t16-,18+,20-/m0/s1. The van der Waals surface area contributed by atoms with E-state index >= 15 is 0 Å². The molecule has 2 aromatic rings. The smallest absolute Gasteiger partial charge is 0.317 e. The van der Waals surface area contributed by atoms with E-state index in [-0.39, 0.29) is 30.4 Å². The summed E-state index contributed by atoms with van der Waals surface area (Å²) in [6.45, 7) is 0.914. The molecule has 0 unspecified atom stereocenters. The predicted octanol–water partition coefficient (Wildman–Crippen LogP) is 3.15. The number of likely N-dealkylation sites (tertiary alicyclic amines) is 1. The fourth-order valence-electron chi connectivity index (χ4n) is 4.47. The number of likely N-dealkylation sites (N-methyl/N-ethyl adjacent to an activating group) is 1. The number of ether oxygens (including phenoxy) is 2. The zero-order chi connectivity index (χ0) is 17.6. The minimum atomic E-state index is -0.852. The van der Waals surface area contributed by atoms with Crippen LogP contribution in [0.4, 0.5) is 4.39 Å². The Morgan fingerprint density at radius 2 is 1.96 bits per heavy atom. The van der Waals surface area contributed by atoms with Crippen molar-refractivity contribution in [3.8, 4) is 5.75 Å². The number of carbonyl (C=O) groups excluding carboxylic acids is 1. The summed E-state index contributed by atoms with van der Waals surface area (Å²) >= 11 is 0. The lowest BCUT2D eigenvalue weighted by molar-refractivity contribution is -0.159. The van der Waals surface area contributed by atoms with Gasteiger partial charge < -0.3 is 9.47 Å². The molecule has 0 saturated carbocycles.